The largest absolute Gasteiger partial charge is 0.456 e. The fraction of sp³-hybridized carbons (Fsp3) is 0.333. The number of H-pyrrole nitrogens is 1. The van der Waals surface area contributed by atoms with Crippen LogP contribution in [0.4, 0.5) is 0 Å². The minimum Gasteiger partial charge on any atom is -0.456 e. The smallest absolute Gasteiger partial charge is 0.272 e. The number of nitrogens with one attached hydrogen (secondary N) is 1. The molecule has 3 aromatic rings. The Morgan fingerprint density at radius 3 is 2.67 bits per heavy atom. The lowest BCUT2D eigenvalue weighted by atomic mass is 9.98. The van der Waals surface area contributed by atoms with E-state index in [1.165, 1.54) is 19.3 Å². The second-order valence-corrected chi connectivity index (χ2v) is 7.01. The molecule has 2 heterocycles. The molecule has 2 aromatic carbocycles. The normalized spacial score (nSPS) is 15.5. The highest BCUT2D eigenvalue weighted by Crippen LogP contribution is 2.44. The van der Waals surface area contributed by atoms with E-state index in [2.05, 4.69) is 10.2 Å². The molecule has 4 N–H and O–H groups in total. The van der Waals surface area contributed by atoms with Crippen LogP contribution in [-0.4, -0.2) is 21.4 Å². The van der Waals surface area contributed by atoms with Gasteiger partial charge in [0.1, 0.15) is 17.2 Å². The molecule has 0 spiro atoms. The van der Waals surface area contributed by atoms with E-state index in [1.807, 2.05) is 24.3 Å². The molecule has 2 aliphatic rings. The monoisotopic (exact) mass is 365 g/mol. The predicted octanol–water partition coefficient (Wildman–Crippen LogP) is 3.47. The molecule has 1 aliphatic heterocycles. The SMILES string of the molecule is NCc1ccc2c(c1)-c1n[nH]c(=O)c3cccc(c13)O2.OC1CCCCC1. The summed E-state index contributed by atoms with van der Waals surface area (Å²) in [5, 5.41) is 17.0. The van der Waals surface area contributed by atoms with E-state index in [0.29, 0.717) is 17.7 Å². The zero-order chi connectivity index (χ0) is 18.8. The van der Waals surface area contributed by atoms with Crippen LogP contribution in [0.1, 0.15) is 37.7 Å². The third-order valence-electron chi connectivity index (χ3n) is 5.11. The van der Waals surface area contributed by atoms with Gasteiger partial charge < -0.3 is 15.6 Å². The molecule has 140 valence electrons. The third-order valence-corrected chi connectivity index (χ3v) is 5.11. The molecule has 0 saturated heterocycles. The van der Waals surface area contributed by atoms with Crippen molar-refractivity contribution in [3.05, 3.63) is 52.3 Å². The highest BCUT2D eigenvalue weighted by Gasteiger charge is 2.22. The number of aliphatic hydroxyl groups excluding tert-OH is 1. The van der Waals surface area contributed by atoms with Gasteiger partial charge in [0.25, 0.3) is 5.56 Å². The molecule has 6 heteroatoms. The second kappa shape index (κ2) is 7.50. The summed E-state index contributed by atoms with van der Waals surface area (Å²) in [7, 11) is 0. The Balaban J connectivity index is 0.000000218. The zero-order valence-corrected chi connectivity index (χ0v) is 15.1. The van der Waals surface area contributed by atoms with E-state index in [0.717, 1.165) is 40.8 Å². The van der Waals surface area contributed by atoms with Crippen molar-refractivity contribution >= 4 is 10.8 Å². The Hall–Kier alpha value is -2.70. The first-order chi connectivity index (χ1) is 13.2. The highest BCUT2D eigenvalue weighted by molar-refractivity contribution is 6.01. The van der Waals surface area contributed by atoms with E-state index in [1.54, 1.807) is 12.1 Å². The number of ether oxygens (including phenoxy) is 1. The number of aliphatic hydroxyl groups is 1. The Morgan fingerprint density at radius 1 is 1.15 bits per heavy atom. The van der Waals surface area contributed by atoms with E-state index in [-0.39, 0.29) is 11.7 Å². The molecule has 1 fully saturated rings. The lowest BCUT2D eigenvalue weighted by molar-refractivity contribution is 0.130. The molecule has 1 saturated carbocycles. The number of hydrogen-bond donors (Lipinski definition) is 3. The predicted molar refractivity (Wildman–Crippen MR) is 105 cm³/mol. The summed E-state index contributed by atoms with van der Waals surface area (Å²) in [6, 6.07) is 11.2. The summed E-state index contributed by atoms with van der Waals surface area (Å²) in [6.45, 7) is 0.446. The summed E-state index contributed by atoms with van der Waals surface area (Å²) in [6.07, 6.45) is 5.92. The zero-order valence-electron chi connectivity index (χ0n) is 15.1. The van der Waals surface area contributed by atoms with Gasteiger partial charge in [0, 0.05) is 12.1 Å². The first-order valence-electron chi connectivity index (χ1n) is 9.38. The molecular weight excluding hydrogens is 342 g/mol. The summed E-state index contributed by atoms with van der Waals surface area (Å²) < 4.78 is 5.87. The lowest BCUT2D eigenvalue weighted by Gasteiger charge is -2.20. The van der Waals surface area contributed by atoms with Crippen molar-refractivity contribution in [1.82, 2.24) is 10.2 Å². The van der Waals surface area contributed by atoms with Gasteiger partial charge in [-0.3, -0.25) is 4.79 Å². The van der Waals surface area contributed by atoms with E-state index in [9.17, 15) is 4.79 Å². The van der Waals surface area contributed by atoms with Crippen LogP contribution in [0.15, 0.2) is 41.2 Å². The van der Waals surface area contributed by atoms with Crippen LogP contribution in [-0.2, 0) is 6.54 Å². The maximum absolute atomic E-state index is 11.9. The van der Waals surface area contributed by atoms with Crippen molar-refractivity contribution in [2.45, 2.75) is 44.8 Å². The first-order valence-corrected chi connectivity index (χ1v) is 9.38. The maximum atomic E-state index is 11.9. The average molecular weight is 365 g/mol. The molecular formula is C21H23N3O3. The number of aromatic amines is 1. The van der Waals surface area contributed by atoms with Crippen LogP contribution in [0.25, 0.3) is 22.0 Å². The summed E-state index contributed by atoms with van der Waals surface area (Å²) in [5.41, 5.74) is 8.04. The molecule has 0 atom stereocenters. The molecule has 27 heavy (non-hydrogen) atoms. The molecule has 0 unspecified atom stereocenters. The Morgan fingerprint density at radius 2 is 1.96 bits per heavy atom. The number of nitrogens with zero attached hydrogens (tertiary/aromatic N) is 1. The molecule has 0 amide bonds. The van der Waals surface area contributed by atoms with E-state index < -0.39 is 0 Å². The molecule has 1 aromatic heterocycles. The quantitative estimate of drug-likeness (QED) is 0.479. The summed E-state index contributed by atoms with van der Waals surface area (Å²) in [4.78, 5) is 11.9. The fourth-order valence-corrected chi connectivity index (χ4v) is 3.65. The number of aromatic nitrogens is 2. The Labute approximate surface area is 157 Å². The van der Waals surface area contributed by atoms with Crippen LogP contribution in [0.3, 0.4) is 0 Å². The highest BCUT2D eigenvalue weighted by atomic mass is 16.5. The fourth-order valence-electron chi connectivity index (χ4n) is 3.65. The van der Waals surface area contributed by atoms with Gasteiger partial charge in [0.05, 0.1) is 16.9 Å². The lowest BCUT2D eigenvalue weighted by Crippen LogP contribution is -2.12. The molecule has 0 bridgehead atoms. The van der Waals surface area contributed by atoms with Crippen molar-refractivity contribution in [1.29, 1.82) is 0 Å². The maximum Gasteiger partial charge on any atom is 0.272 e. The van der Waals surface area contributed by atoms with Crippen molar-refractivity contribution in [2.75, 3.05) is 0 Å². The van der Waals surface area contributed by atoms with Crippen molar-refractivity contribution < 1.29 is 9.84 Å². The van der Waals surface area contributed by atoms with E-state index in [4.69, 9.17) is 15.6 Å². The minimum atomic E-state index is -0.215. The van der Waals surface area contributed by atoms with Crippen molar-refractivity contribution in [3.63, 3.8) is 0 Å². The van der Waals surface area contributed by atoms with Crippen LogP contribution in [0.2, 0.25) is 0 Å². The van der Waals surface area contributed by atoms with Crippen molar-refractivity contribution in [2.24, 2.45) is 5.73 Å². The van der Waals surface area contributed by atoms with Gasteiger partial charge >= 0.3 is 0 Å². The molecule has 0 radical (unpaired) electrons. The van der Waals surface area contributed by atoms with Gasteiger partial charge in [-0.05, 0) is 42.7 Å². The van der Waals surface area contributed by atoms with Gasteiger partial charge in [-0.25, -0.2) is 5.10 Å². The number of fused-ring (bicyclic) bond motifs is 2. The summed E-state index contributed by atoms with van der Waals surface area (Å²) in [5.74, 6) is 1.38. The van der Waals surface area contributed by atoms with Gasteiger partial charge in [-0.15, -0.1) is 0 Å². The number of nitrogens with two attached hydrogens (primary N) is 1. The number of rotatable bonds is 1. The topological polar surface area (TPSA) is 101 Å². The molecule has 5 rings (SSSR count). The van der Waals surface area contributed by atoms with Gasteiger partial charge in [-0.2, -0.15) is 5.10 Å². The second-order valence-electron chi connectivity index (χ2n) is 7.01. The first kappa shape index (κ1) is 17.7. The van der Waals surface area contributed by atoms with Crippen LogP contribution < -0.4 is 16.0 Å². The minimum absolute atomic E-state index is 0.0359. The molecule has 1 aliphatic carbocycles. The Kier molecular flexibility index (Phi) is 4.92. The van der Waals surface area contributed by atoms with Crippen LogP contribution in [0, 0.1) is 0 Å². The standard InChI is InChI=1S/C15H11N3O2.C6H12O/c16-7-8-4-5-11-10(6-8)14-13-9(15(19)18-17-14)2-1-3-12(13)20-11;7-6-4-2-1-3-5-6/h1-6H,7,16H2,(H,18,19);6-7H,1-5H2. The van der Waals surface area contributed by atoms with Gasteiger partial charge in [0.15, 0.2) is 0 Å². The Bertz CT molecular complexity index is 1020. The van der Waals surface area contributed by atoms with E-state index >= 15 is 0 Å². The van der Waals surface area contributed by atoms with Crippen LogP contribution >= 0.6 is 0 Å². The van der Waals surface area contributed by atoms with Crippen molar-refractivity contribution in [3.8, 4) is 22.8 Å². The summed E-state index contributed by atoms with van der Waals surface area (Å²) >= 11 is 0. The number of benzene rings is 2. The van der Waals surface area contributed by atoms with Gasteiger partial charge in [-0.1, -0.05) is 31.4 Å². The third kappa shape index (κ3) is 3.46. The average Bonchev–Trinajstić information content (AvgIpc) is 2.71. The van der Waals surface area contributed by atoms with Gasteiger partial charge in [0.2, 0.25) is 0 Å². The molecule has 6 nitrogen and oxygen atoms in total. The number of hydrogen-bond acceptors (Lipinski definition) is 5. The van der Waals surface area contributed by atoms with Crippen LogP contribution in [0.5, 0.6) is 11.5 Å².